The Labute approximate surface area is 185 Å². The summed E-state index contributed by atoms with van der Waals surface area (Å²) >= 11 is 0. The van der Waals surface area contributed by atoms with Gasteiger partial charge in [-0.3, -0.25) is 25.2 Å². The number of carbonyl (C=O) groups is 2. The van der Waals surface area contributed by atoms with E-state index in [0.29, 0.717) is 23.7 Å². The highest BCUT2D eigenvalue weighted by Gasteiger charge is 2.30. The zero-order chi connectivity index (χ0) is 22.7. The molecule has 0 bridgehead atoms. The van der Waals surface area contributed by atoms with E-state index in [1.165, 1.54) is 4.68 Å². The predicted octanol–water partition coefficient (Wildman–Crippen LogP) is 1.42. The van der Waals surface area contributed by atoms with Crippen molar-refractivity contribution in [1.29, 1.82) is 0 Å². The maximum absolute atomic E-state index is 12.9. The predicted molar refractivity (Wildman–Crippen MR) is 120 cm³/mol. The molecule has 2 amide bonds. The molecule has 0 radical (unpaired) electrons. The molecule has 2 aromatic carbocycles. The summed E-state index contributed by atoms with van der Waals surface area (Å²) in [6.45, 7) is 4.32. The number of fused-ring (bicyclic) bond motifs is 1. The fourth-order valence-corrected chi connectivity index (χ4v) is 3.77. The maximum Gasteiger partial charge on any atom is 0.290 e. The largest absolute Gasteiger partial charge is 0.290 e. The van der Waals surface area contributed by atoms with Crippen molar-refractivity contribution in [3.05, 3.63) is 76.2 Å². The van der Waals surface area contributed by atoms with Crippen LogP contribution in [0.3, 0.4) is 0 Å². The van der Waals surface area contributed by atoms with Gasteiger partial charge in [0, 0.05) is 18.0 Å². The van der Waals surface area contributed by atoms with Crippen LogP contribution in [0.2, 0.25) is 0 Å². The Morgan fingerprint density at radius 1 is 1.03 bits per heavy atom. The minimum absolute atomic E-state index is 0.00662. The first-order valence-corrected chi connectivity index (χ1v) is 10.6. The van der Waals surface area contributed by atoms with Crippen LogP contribution in [-0.2, 0) is 11.3 Å². The molecule has 2 atom stereocenters. The van der Waals surface area contributed by atoms with Crippen LogP contribution in [0.1, 0.15) is 42.4 Å². The highest BCUT2D eigenvalue weighted by atomic mass is 16.2. The molecule has 2 heterocycles. The van der Waals surface area contributed by atoms with E-state index in [1.54, 1.807) is 24.3 Å². The minimum atomic E-state index is -0.586. The number of hydrazine groups is 2. The van der Waals surface area contributed by atoms with Crippen molar-refractivity contribution in [3.8, 4) is 0 Å². The first-order chi connectivity index (χ1) is 15.4. The Hall–Kier alpha value is -3.56. The van der Waals surface area contributed by atoms with Gasteiger partial charge in [0.2, 0.25) is 0 Å². The fraction of sp³-hybridized carbons (Fsp3) is 0.304. The monoisotopic (exact) mass is 434 g/mol. The van der Waals surface area contributed by atoms with E-state index < -0.39 is 11.9 Å². The van der Waals surface area contributed by atoms with Crippen molar-refractivity contribution in [2.24, 2.45) is 5.92 Å². The Morgan fingerprint density at radius 2 is 1.72 bits per heavy atom. The number of hydrogen-bond donors (Lipinski definition) is 4. The van der Waals surface area contributed by atoms with Gasteiger partial charge in [-0.2, -0.15) is 5.10 Å². The molecule has 0 aliphatic carbocycles. The van der Waals surface area contributed by atoms with E-state index >= 15 is 0 Å². The van der Waals surface area contributed by atoms with Crippen molar-refractivity contribution < 1.29 is 9.59 Å². The van der Waals surface area contributed by atoms with Crippen LogP contribution in [0.5, 0.6) is 0 Å². The van der Waals surface area contributed by atoms with Crippen LogP contribution < -0.4 is 27.3 Å². The number of carbonyl (C=O) groups excluding carboxylic acids is 2. The van der Waals surface area contributed by atoms with Gasteiger partial charge in [-0.1, -0.05) is 62.4 Å². The average molecular weight is 435 g/mol. The molecular weight excluding hydrogens is 408 g/mol. The summed E-state index contributed by atoms with van der Waals surface area (Å²) in [5.74, 6) is -0.780. The van der Waals surface area contributed by atoms with E-state index in [1.807, 2.05) is 44.2 Å². The van der Waals surface area contributed by atoms with Crippen LogP contribution in [0, 0.1) is 5.92 Å². The molecule has 1 aliphatic heterocycles. The molecule has 9 heteroatoms. The molecule has 1 aromatic heterocycles. The number of rotatable bonds is 5. The zero-order valence-electron chi connectivity index (χ0n) is 18.0. The van der Waals surface area contributed by atoms with Crippen molar-refractivity contribution in [1.82, 2.24) is 31.5 Å². The third-order valence-corrected chi connectivity index (χ3v) is 5.34. The molecular formula is C23H26N6O3. The second kappa shape index (κ2) is 9.29. The van der Waals surface area contributed by atoms with E-state index in [4.69, 9.17) is 0 Å². The number of nitrogens with zero attached hydrogens (tertiary/aromatic N) is 2. The lowest BCUT2D eigenvalue weighted by atomic mass is 10.0. The van der Waals surface area contributed by atoms with Crippen LogP contribution in [0.25, 0.3) is 10.8 Å². The van der Waals surface area contributed by atoms with Gasteiger partial charge in [-0.25, -0.2) is 15.5 Å². The smallest absolute Gasteiger partial charge is 0.271 e. The summed E-state index contributed by atoms with van der Waals surface area (Å²) in [6, 6.07) is 16.1. The van der Waals surface area contributed by atoms with Gasteiger partial charge >= 0.3 is 0 Å². The van der Waals surface area contributed by atoms with Crippen molar-refractivity contribution >= 4 is 22.6 Å². The lowest BCUT2D eigenvalue weighted by Crippen LogP contribution is -2.50. The Balaban J connectivity index is 1.47. The standard InChI is InChI=1S/C23H26N6O3/c1-14(2)13-29-23(32)17-11-7-6-10-16(17)20(28-29)22(31)27-26-21(30)19-12-18(24-25-19)15-8-4-3-5-9-15/h3-11,14,18-19,24-25H,12-13H2,1-2H3,(H,26,30)(H,27,31). The number of benzene rings is 2. The van der Waals surface area contributed by atoms with Gasteiger partial charge in [-0.15, -0.1) is 0 Å². The molecule has 0 saturated carbocycles. The van der Waals surface area contributed by atoms with Crippen LogP contribution >= 0.6 is 0 Å². The molecule has 4 N–H and O–H groups in total. The summed E-state index contributed by atoms with van der Waals surface area (Å²) in [6.07, 6.45) is 0.534. The van der Waals surface area contributed by atoms with Crippen molar-refractivity contribution in [2.75, 3.05) is 0 Å². The van der Waals surface area contributed by atoms with E-state index in [2.05, 4.69) is 26.8 Å². The molecule has 4 rings (SSSR count). The summed E-state index contributed by atoms with van der Waals surface area (Å²) in [5, 5.41) is 5.13. The lowest BCUT2D eigenvalue weighted by Gasteiger charge is -2.14. The number of aromatic nitrogens is 2. The second-order valence-corrected chi connectivity index (χ2v) is 8.26. The fourth-order valence-electron chi connectivity index (χ4n) is 3.77. The van der Waals surface area contributed by atoms with Gasteiger partial charge in [0.1, 0.15) is 6.04 Å². The average Bonchev–Trinajstić information content (AvgIpc) is 3.30. The molecule has 166 valence electrons. The van der Waals surface area contributed by atoms with Gasteiger partial charge < -0.3 is 0 Å². The Morgan fingerprint density at radius 3 is 2.44 bits per heavy atom. The SMILES string of the molecule is CC(C)Cn1nc(C(=O)NNC(=O)C2CC(c3ccccc3)NN2)c2ccccc2c1=O. The third kappa shape index (κ3) is 4.53. The van der Waals surface area contributed by atoms with Gasteiger partial charge in [0.05, 0.1) is 5.39 Å². The van der Waals surface area contributed by atoms with Crippen molar-refractivity contribution in [2.45, 2.75) is 38.9 Å². The summed E-state index contributed by atoms with van der Waals surface area (Å²) in [5.41, 5.74) is 11.9. The zero-order valence-corrected chi connectivity index (χ0v) is 18.0. The van der Waals surface area contributed by atoms with Crippen LogP contribution in [0.15, 0.2) is 59.4 Å². The molecule has 9 nitrogen and oxygen atoms in total. The van der Waals surface area contributed by atoms with Crippen LogP contribution in [-0.4, -0.2) is 27.6 Å². The van der Waals surface area contributed by atoms with Gasteiger partial charge in [-0.05, 0) is 24.0 Å². The molecule has 32 heavy (non-hydrogen) atoms. The molecule has 0 spiro atoms. The maximum atomic E-state index is 12.9. The number of amides is 2. The van der Waals surface area contributed by atoms with Crippen molar-refractivity contribution in [3.63, 3.8) is 0 Å². The topological polar surface area (TPSA) is 117 Å². The number of nitrogens with one attached hydrogen (secondary N) is 4. The van der Waals surface area contributed by atoms with E-state index in [9.17, 15) is 14.4 Å². The molecule has 1 saturated heterocycles. The normalized spacial score (nSPS) is 18.1. The highest BCUT2D eigenvalue weighted by molar-refractivity contribution is 6.05. The molecule has 3 aromatic rings. The molecule has 2 unspecified atom stereocenters. The summed E-state index contributed by atoms with van der Waals surface area (Å²) in [4.78, 5) is 38.2. The Bertz CT molecular complexity index is 1190. The summed E-state index contributed by atoms with van der Waals surface area (Å²) in [7, 11) is 0. The van der Waals surface area contributed by atoms with E-state index in [0.717, 1.165) is 5.56 Å². The van der Waals surface area contributed by atoms with E-state index in [-0.39, 0.29) is 29.1 Å². The van der Waals surface area contributed by atoms with Crippen LogP contribution in [0.4, 0.5) is 0 Å². The minimum Gasteiger partial charge on any atom is -0.271 e. The first-order valence-electron chi connectivity index (χ1n) is 10.6. The summed E-state index contributed by atoms with van der Waals surface area (Å²) < 4.78 is 1.30. The quantitative estimate of drug-likeness (QED) is 0.451. The van der Waals surface area contributed by atoms with Gasteiger partial charge in [0.25, 0.3) is 17.4 Å². The van der Waals surface area contributed by atoms with Gasteiger partial charge in [0.15, 0.2) is 5.69 Å². The highest BCUT2D eigenvalue weighted by Crippen LogP contribution is 2.21. The second-order valence-electron chi connectivity index (χ2n) is 8.26. The number of hydrogen-bond acceptors (Lipinski definition) is 6. The molecule has 1 aliphatic rings. The first kappa shape index (κ1) is 21.7. The molecule has 1 fully saturated rings. The lowest BCUT2D eigenvalue weighted by molar-refractivity contribution is -0.123. The third-order valence-electron chi connectivity index (χ3n) is 5.34. The Kier molecular flexibility index (Phi) is 6.29.